The number of nitro groups is 1. The lowest BCUT2D eigenvalue weighted by Gasteiger charge is -2.43. The molecule has 8 heteroatoms. The SMILES string of the molecule is CC(C)NC(=O)c1ccc(N2C[C@H]3C[C@@H](C2)c2cccc(=O)n2C3)c([N+](=O)[O-])c1. The zero-order valence-corrected chi connectivity index (χ0v) is 16.5. The van der Waals surface area contributed by atoms with Gasteiger partial charge in [-0.25, -0.2) is 0 Å². The van der Waals surface area contributed by atoms with Gasteiger partial charge in [-0.05, 0) is 44.4 Å². The highest BCUT2D eigenvalue weighted by Gasteiger charge is 2.36. The van der Waals surface area contributed by atoms with Gasteiger partial charge in [0.25, 0.3) is 17.2 Å². The number of hydrogen-bond acceptors (Lipinski definition) is 5. The van der Waals surface area contributed by atoms with Crippen LogP contribution in [0, 0.1) is 16.0 Å². The van der Waals surface area contributed by atoms with Gasteiger partial charge in [0.1, 0.15) is 5.69 Å². The summed E-state index contributed by atoms with van der Waals surface area (Å²) in [6.45, 7) is 5.57. The first-order chi connectivity index (χ1) is 13.8. The van der Waals surface area contributed by atoms with E-state index in [9.17, 15) is 19.7 Å². The van der Waals surface area contributed by atoms with Crippen LogP contribution in [-0.4, -0.2) is 34.5 Å². The van der Waals surface area contributed by atoms with Gasteiger partial charge < -0.3 is 14.8 Å². The molecule has 1 saturated heterocycles. The number of carbonyl (C=O) groups is 1. The van der Waals surface area contributed by atoms with E-state index in [1.807, 2.05) is 29.4 Å². The van der Waals surface area contributed by atoms with Gasteiger partial charge in [0.05, 0.1) is 4.92 Å². The fraction of sp³-hybridized carbons (Fsp3) is 0.429. The maximum Gasteiger partial charge on any atom is 0.293 e. The van der Waals surface area contributed by atoms with Gasteiger partial charge in [0.2, 0.25) is 0 Å². The van der Waals surface area contributed by atoms with Gasteiger partial charge in [-0.3, -0.25) is 19.7 Å². The Morgan fingerprint density at radius 1 is 1.21 bits per heavy atom. The van der Waals surface area contributed by atoms with Crippen LogP contribution >= 0.6 is 0 Å². The van der Waals surface area contributed by atoms with Crippen molar-refractivity contribution in [2.24, 2.45) is 5.92 Å². The molecule has 3 heterocycles. The minimum Gasteiger partial charge on any atom is -0.365 e. The lowest BCUT2D eigenvalue weighted by Crippen LogP contribution is -2.47. The summed E-state index contributed by atoms with van der Waals surface area (Å²) in [6, 6.07) is 9.95. The summed E-state index contributed by atoms with van der Waals surface area (Å²) in [5.41, 5.74) is 1.75. The Balaban J connectivity index is 1.66. The van der Waals surface area contributed by atoms with Gasteiger partial charge in [-0.1, -0.05) is 6.07 Å². The van der Waals surface area contributed by atoms with Crippen molar-refractivity contribution >= 4 is 17.3 Å². The molecule has 0 unspecified atom stereocenters. The van der Waals surface area contributed by atoms with E-state index >= 15 is 0 Å². The van der Waals surface area contributed by atoms with Crippen molar-refractivity contribution in [3.05, 3.63) is 68.1 Å². The molecule has 0 saturated carbocycles. The Kier molecular flexibility index (Phi) is 4.86. The first-order valence-electron chi connectivity index (χ1n) is 9.87. The van der Waals surface area contributed by atoms with Crippen LogP contribution in [-0.2, 0) is 6.54 Å². The molecule has 0 spiro atoms. The third-order valence-electron chi connectivity index (χ3n) is 5.67. The van der Waals surface area contributed by atoms with Gasteiger partial charge in [-0.15, -0.1) is 0 Å². The van der Waals surface area contributed by atoms with Crippen molar-refractivity contribution in [2.75, 3.05) is 18.0 Å². The summed E-state index contributed by atoms with van der Waals surface area (Å²) in [4.78, 5) is 37.8. The van der Waals surface area contributed by atoms with Gasteiger partial charge in [-0.2, -0.15) is 0 Å². The Labute approximate surface area is 168 Å². The molecule has 1 aromatic carbocycles. The van der Waals surface area contributed by atoms with Crippen molar-refractivity contribution in [1.29, 1.82) is 0 Å². The van der Waals surface area contributed by atoms with E-state index in [0.717, 1.165) is 12.1 Å². The number of rotatable bonds is 4. The normalized spacial score (nSPS) is 20.3. The highest BCUT2D eigenvalue weighted by atomic mass is 16.6. The second-order valence-electron chi connectivity index (χ2n) is 8.19. The summed E-state index contributed by atoms with van der Waals surface area (Å²) in [6.07, 6.45) is 0.975. The minimum atomic E-state index is -0.426. The molecule has 0 aliphatic carbocycles. The molecule has 1 N–H and O–H groups in total. The Morgan fingerprint density at radius 2 is 2.00 bits per heavy atom. The molecule has 2 atom stereocenters. The second kappa shape index (κ2) is 7.35. The molecule has 0 radical (unpaired) electrons. The highest BCUT2D eigenvalue weighted by molar-refractivity contribution is 5.96. The van der Waals surface area contributed by atoms with Crippen molar-refractivity contribution < 1.29 is 9.72 Å². The van der Waals surface area contributed by atoms with Crippen molar-refractivity contribution in [1.82, 2.24) is 9.88 Å². The molecular weight excluding hydrogens is 372 g/mol. The van der Waals surface area contributed by atoms with Crippen molar-refractivity contribution in [3.63, 3.8) is 0 Å². The maximum absolute atomic E-state index is 12.3. The average Bonchev–Trinajstić information content (AvgIpc) is 2.67. The molecular formula is C21H24N4O4. The summed E-state index contributed by atoms with van der Waals surface area (Å²) in [5, 5.41) is 14.5. The van der Waals surface area contributed by atoms with Crippen LogP contribution in [0.25, 0.3) is 0 Å². The third kappa shape index (κ3) is 3.62. The van der Waals surface area contributed by atoms with Crippen LogP contribution in [0.15, 0.2) is 41.2 Å². The van der Waals surface area contributed by atoms with Gasteiger partial charge in [0.15, 0.2) is 0 Å². The average molecular weight is 396 g/mol. The Bertz CT molecular complexity index is 1030. The van der Waals surface area contributed by atoms with Crippen molar-refractivity contribution in [3.8, 4) is 0 Å². The zero-order valence-electron chi connectivity index (χ0n) is 16.5. The Morgan fingerprint density at radius 3 is 2.72 bits per heavy atom. The van der Waals surface area contributed by atoms with E-state index in [4.69, 9.17) is 0 Å². The summed E-state index contributed by atoms with van der Waals surface area (Å²) < 4.78 is 1.84. The van der Waals surface area contributed by atoms with Crippen molar-refractivity contribution in [2.45, 2.75) is 38.8 Å². The van der Waals surface area contributed by atoms with Crippen LogP contribution in [0.1, 0.15) is 42.2 Å². The fourth-order valence-electron chi connectivity index (χ4n) is 4.52. The number of benzene rings is 1. The lowest BCUT2D eigenvalue weighted by molar-refractivity contribution is -0.384. The molecule has 1 aromatic heterocycles. The molecule has 8 nitrogen and oxygen atoms in total. The first-order valence-corrected chi connectivity index (χ1v) is 9.87. The van der Waals surface area contributed by atoms with Crippen LogP contribution in [0.3, 0.4) is 0 Å². The number of nitrogens with one attached hydrogen (secondary N) is 1. The number of anilines is 1. The largest absolute Gasteiger partial charge is 0.365 e. The summed E-state index contributed by atoms with van der Waals surface area (Å²) >= 11 is 0. The number of piperidine rings is 1. The molecule has 2 aliphatic heterocycles. The predicted octanol–water partition coefficient (Wildman–Crippen LogP) is 2.52. The number of carbonyl (C=O) groups excluding carboxylic acids is 1. The summed E-state index contributed by atoms with van der Waals surface area (Å²) in [7, 11) is 0. The number of hydrogen-bond donors (Lipinski definition) is 1. The molecule has 1 amide bonds. The Hall–Kier alpha value is -3.16. The van der Waals surface area contributed by atoms with Crippen LogP contribution < -0.4 is 15.8 Å². The van der Waals surface area contributed by atoms with E-state index < -0.39 is 4.92 Å². The van der Waals surface area contributed by atoms with E-state index in [0.29, 0.717) is 25.3 Å². The number of pyridine rings is 1. The smallest absolute Gasteiger partial charge is 0.293 e. The summed E-state index contributed by atoms with van der Waals surface area (Å²) in [5.74, 6) is 0.0863. The highest BCUT2D eigenvalue weighted by Crippen LogP contribution is 2.39. The second-order valence-corrected chi connectivity index (χ2v) is 8.19. The number of nitro benzene ring substituents is 1. The lowest BCUT2D eigenvalue weighted by atomic mass is 9.83. The van der Waals surface area contributed by atoms with Gasteiger partial charge in [0, 0.05) is 55.0 Å². The van der Waals surface area contributed by atoms with Crippen LogP contribution in [0.4, 0.5) is 11.4 Å². The number of aromatic nitrogens is 1. The number of nitrogens with zero attached hydrogens (tertiary/aromatic N) is 3. The van der Waals surface area contributed by atoms with E-state index in [-0.39, 0.29) is 40.6 Å². The zero-order chi connectivity index (χ0) is 20.7. The molecule has 1 fully saturated rings. The third-order valence-corrected chi connectivity index (χ3v) is 5.67. The van der Waals surface area contributed by atoms with E-state index in [1.165, 1.54) is 6.07 Å². The topological polar surface area (TPSA) is 97.5 Å². The molecule has 4 rings (SSSR count). The number of fused-ring (bicyclic) bond motifs is 4. The quantitative estimate of drug-likeness (QED) is 0.633. The molecule has 152 valence electrons. The van der Waals surface area contributed by atoms with Crippen LogP contribution in [0.5, 0.6) is 0 Å². The van der Waals surface area contributed by atoms with Gasteiger partial charge >= 0.3 is 0 Å². The predicted molar refractivity (Wildman–Crippen MR) is 109 cm³/mol. The maximum atomic E-state index is 12.3. The molecule has 2 aliphatic rings. The standard InChI is InChI=1S/C21H24N4O4/c1-13(2)22-21(27)15-6-7-18(19(9-15)25(28)29)23-10-14-8-16(12-23)17-4-3-5-20(26)24(17)11-14/h3-7,9,13-14,16H,8,10-12H2,1-2H3,(H,22,27)/t14-,16+/m1/s1. The molecule has 2 bridgehead atoms. The number of amides is 1. The monoisotopic (exact) mass is 396 g/mol. The van der Waals surface area contributed by atoms with Crippen LogP contribution in [0.2, 0.25) is 0 Å². The molecule has 2 aromatic rings. The van der Waals surface area contributed by atoms with E-state index in [2.05, 4.69) is 5.32 Å². The first kappa shape index (κ1) is 19.2. The fourth-order valence-corrected chi connectivity index (χ4v) is 4.52. The molecule has 29 heavy (non-hydrogen) atoms. The van der Waals surface area contributed by atoms with E-state index in [1.54, 1.807) is 24.3 Å². The minimum absolute atomic E-state index is 0.0112.